The van der Waals surface area contributed by atoms with Crippen molar-refractivity contribution in [1.29, 1.82) is 0 Å². The summed E-state index contributed by atoms with van der Waals surface area (Å²) in [5.74, 6) is -10.2. The molecule has 0 bridgehead atoms. The molecular formula is C81H78F10N6O6S2. The minimum atomic E-state index is -5.44. The third-order valence-electron chi connectivity index (χ3n) is 16.6. The van der Waals surface area contributed by atoms with Crippen molar-refractivity contribution in [2.75, 3.05) is 66.4 Å². The van der Waals surface area contributed by atoms with Gasteiger partial charge in [0.2, 0.25) is 11.8 Å². The summed E-state index contributed by atoms with van der Waals surface area (Å²) in [4.78, 5) is 61.3. The van der Waals surface area contributed by atoms with Crippen LogP contribution in [0.3, 0.4) is 0 Å². The molecule has 4 heterocycles. The van der Waals surface area contributed by atoms with E-state index >= 15 is 9.18 Å². The lowest BCUT2D eigenvalue weighted by Gasteiger charge is -2.39. The van der Waals surface area contributed by atoms with Gasteiger partial charge in [-0.25, -0.2) is 17.6 Å². The summed E-state index contributed by atoms with van der Waals surface area (Å²) in [6.45, 7) is -22.0. The molecule has 2 fully saturated rings. The van der Waals surface area contributed by atoms with Crippen LogP contribution in [0.4, 0.5) is 43.9 Å². The average Bonchev–Trinajstić information content (AvgIpc) is 0.711. The summed E-state index contributed by atoms with van der Waals surface area (Å²) in [5.41, 5.74) is -8.65. The quantitative estimate of drug-likeness (QED) is 0.0428. The first-order chi connectivity index (χ1) is 63.5. The minimum absolute atomic E-state index is 0.0240. The molecule has 8 aromatic carbocycles. The lowest BCUT2D eigenvalue weighted by Crippen LogP contribution is -2.48. The number of para-hydroxylation sites is 1. The number of hydrogen-bond donors (Lipinski definition) is 0. The minimum Gasteiger partial charge on any atom is -0.383 e. The first kappa shape index (κ1) is 44.8. The normalized spacial score (nSPS) is 19.8. The highest BCUT2D eigenvalue weighted by atomic mass is 32.2. The topological polar surface area (TPSA) is 110 Å². The van der Waals surface area contributed by atoms with Crippen molar-refractivity contribution < 1.29 is 108 Å². The zero-order valence-electron chi connectivity index (χ0n) is 87.6. The molecule has 0 spiro atoms. The molecule has 0 unspecified atom stereocenters. The molecule has 2 aromatic heterocycles. The van der Waals surface area contributed by atoms with E-state index in [0.717, 1.165) is 57.3 Å². The number of piperidine rings is 2. The zero-order valence-corrected chi connectivity index (χ0v) is 56.2. The average molecular weight is 1520 g/mol. The van der Waals surface area contributed by atoms with Gasteiger partial charge in [-0.3, -0.25) is 19.2 Å². The van der Waals surface area contributed by atoms with Gasteiger partial charge in [0, 0.05) is 129 Å². The number of pyridine rings is 2. The molecular weight excluding hydrogens is 1410 g/mol. The van der Waals surface area contributed by atoms with Gasteiger partial charge in [0.05, 0.1) is 85.1 Å². The monoisotopic (exact) mass is 1520 g/mol. The fourth-order valence-corrected chi connectivity index (χ4v) is 13.1. The van der Waals surface area contributed by atoms with Gasteiger partial charge in [0.1, 0.15) is 13.0 Å². The number of aromatic nitrogens is 2. The highest BCUT2D eigenvalue weighted by Gasteiger charge is 2.34. The number of thioether (sulfide) groups is 2. The summed E-state index contributed by atoms with van der Waals surface area (Å²) in [5, 5.41) is -1.94. The number of halogens is 10. The summed E-state index contributed by atoms with van der Waals surface area (Å²) in [7, 11) is -6.73. The van der Waals surface area contributed by atoms with E-state index in [0.29, 0.717) is 21.6 Å². The number of benzene rings is 8. The zero-order chi connectivity index (χ0) is 103. The van der Waals surface area contributed by atoms with Crippen LogP contribution in [0.1, 0.15) is 110 Å². The maximum absolute atomic E-state index is 15.5. The molecule has 12 nitrogen and oxygen atoms in total. The van der Waals surface area contributed by atoms with Crippen LogP contribution in [0, 0.1) is 30.2 Å². The molecule has 0 radical (unpaired) electrons. The van der Waals surface area contributed by atoms with Crippen LogP contribution < -0.4 is 10.9 Å². The maximum Gasteiger partial charge on any atom is 0.416 e. The van der Waals surface area contributed by atoms with Crippen LogP contribution in [0.5, 0.6) is 0 Å². The number of nitrogens with zero attached hydrogens (tertiary/aromatic N) is 6. The van der Waals surface area contributed by atoms with Gasteiger partial charge in [-0.2, -0.15) is 26.3 Å². The molecule has 2 aliphatic rings. The first-order valence-electron chi connectivity index (χ1n) is 48.0. The van der Waals surface area contributed by atoms with E-state index in [1.807, 2.05) is 0 Å². The Morgan fingerprint density at radius 2 is 1.07 bits per heavy atom. The first-order valence-corrected chi connectivity index (χ1v) is 33.5. The molecule has 10 aromatic rings. The van der Waals surface area contributed by atoms with Gasteiger partial charge in [-0.1, -0.05) is 121 Å². The van der Waals surface area contributed by atoms with Crippen LogP contribution in [0.2, 0.25) is 0 Å². The number of rotatable bonds is 24. The van der Waals surface area contributed by atoms with E-state index in [-0.39, 0.29) is 81.6 Å². The van der Waals surface area contributed by atoms with Gasteiger partial charge < -0.3 is 38.2 Å². The Bertz CT molecular complexity index is 6480. The van der Waals surface area contributed by atoms with E-state index in [9.17, 15) is 59.4 Å². The maximum atomic E-state index is 15.5. The van der Waals surface area contributed by atoms with Gasteiger partial charge >= 0.3 is 12.4 Å². The van der Waals surface area contributed by atoms with Crippen molar-refractivity contribution in [3.8, 4) is 22.3 Å². The highest BCUT2D eigenvalue weighted by Crippen LogP contribution is 2.36. The van der Waals surface area contributed by atoms with Crippen LogP contribution >= 0.6 is 23.5 Å². The number of methoxy groups -OCH3 is 2. The molecule has 12 rings (SSSR count). The Labute approximate surface area is 656 Å². The Balaban J connectivity index is 0.000000272. The van der Waals surface area contributed by atoms with Gasteiger partial charge in [-0.05, 0) is 127 Å². The second-order valence-electron chi connectivity index (χ2n) is 23.3. The molecule has 0 saturated carbocycles. The highest BCUT2D eigenvalue weighted by molar-refractivity contribution is 7.98. The number of carbonyl (C=O) groups is 2. The fraction of sp³-hybridized carbons (Fsp3) is 0.309. The van der Waals surface area contributed by atoms with Crippen LogP contribution in [0.15, 0.2) is 207 Å². The third kappa shape index (κ3) is 19.5. The number of hydrogen-bond acceptors (Lipinski definition) is 10. The van der Waals surface area contributed by atoms with Gasteiger partial charge in [0.15, 0.2) is 34.1 Å². The van der Waals surface area contributed by atoms with Gasteiger partial charge in [-0.15, -0.1) is 23.5 Å². The molecule has 0 N–H and O–H groups in total. The number of alkyl halides is 6. The second kappa shape index (κ2) is 34.9. The van der Waals surface area contributed by atoms with Crippen LogP contribution in [0.25, 0.3) is 44.1 Å². The van der Waals surface area contributed by atoms with E-state index in [2.05, 4.69) is 9.47 Å². The van der Waals surface area contributed by atoms with Crippen LogP contribution in [-0.4, -0.2) is 119 Å². The molecule has 105 heavy (non-hydrogen) atoms. The van der Waals surface area contributed by atoms with E-state index in [1.165, 1.54) is 47.4 Å². The second-order valence-corrected chi connectivity index (χ2v) is 25.3. The molecule has 2 saturated heterocycles. The van der Waals surface area contributed by atoms with E-state index in [1.54, 1.807) is 30.3 Å². The van der Waals surface area contributed by atoms with Crippen molar-refractivity contribution in [3.05, 3.63) is 270 Å². The summed E-state index contributed by atoms with van der Waals surface area (Å²) in [6.07, 6.45) is -11.1. The molecule has 550 valence electrons. The summed E-state index contributed by atoms with van der Waals surface area (Å²) >= 11 is 0.880. The van der Waals surface area contributed by atoms with Crippen molar-refractivity contribution >= 4 is 57.1 Å². The van der Waals surface area contributed by atoms with Crippen molar-refractivity contribution in [2.24, 2.45) is 0 Å². The predicted molar refractivity (Wildman–Crippen MR) is 391 cm³/mol. The SMILES string of the molecule is [2H]C([2H])([2H])OC([2H])([2H])C([2H])([2H])N1CCC(N(Cc2ccc(-c3ccc(C(F)(F)F)cc3)cc2)C(=O)C([2H])([2H])n2c(SCc3cccc(F)c3F)cc(=O)c3ccccc32)CC1.[2H]c1c([2H])c(F)c(F)c(CSc2c([2H])c(=O)c3c([2H])c(C)c([2H])c([2H])c3n2C([2H])([2H])C(=O)N(Cc2c([2H])c([2H])c(-c3c([2H])c([2H])c(C(F)(F)F)c([2H])c3[2H])c([2H])c2[2H])C2CCN(C([2H])([2H])C([2H])([2H])OC([2H])([2H])[2H])CC2)c1[2H]. The Morgan fingerprint density at radius 3 is 1.66 bits per heavy atom. The van der Waals surface area contributed by atoms with E-state index in [4.69, 9.17) is 39.8 Å². The third-order valence-corrected chi connectivity index (χ3v) is 18.6. The molecule has 24 heteroatoms. The largest absolute Gasteiger partial charge is 0.416 e. The molecule has 0 aliphatic carbocycles. The number of fused-ring (bicyclic) bond motifs is 2. The Kier molecular flexibility index (Phi) is 14.9. The Hall–Kier alpha value is -9.04. The van der Waals surface area contributed by atoms with Crippen LogP contribution in [-0.2, 0) is 69.0 Å². The number of carbonyl (C=O) groups excluding carboxylic acids is 2. The van der Waals surface area contributed by atoms with Crippen molar-refractivity contribution in [2.45, 2.75) is 105 Å². The smallest absolute Gasteiger partial charge is 0.383 e. The van der Waals surface area contributed by atoms with E-state index < -0.39 is 302 Å². The molecule has 2 aliphatic heterocycles. The summed E-state index contributed by atoms with van der Waals surface area (Å²) < 4.78 is 427. The summed E-state index contributed by atoms with van der Waals surface area (Å²) in [6, 6.07) is 0.930. The lowest BCUT2D eigenvalue weighted by molar-refractivity contribution is -0.138. The number of amides is 2. The lowest BCUT2D eigenvalue weighted by atomic mass is 10.00. The molecule has 2 amide bonds. The fourth-order valence-electron chi connectivity index (χ4n) is 11.2. The predicted octanol–water partition coefficient (Wildman–Crippen LogP) is 17.1. The Morgan fingerprint density at radius 1 is 0.533 bits per heavy atom. The van der Waals surface area contributed by atoms with Gasteiger partial charge in [0.25, 0.3) is 0 Å². The van der Waals surface area contributed by atoms with Crippen molar-refractivity contribution in [3.63, 3.8) is 0 Å². The number of likely N-dealkylation sites (tertiary alicyclic amines) is 2. The van der Waals surface area contributed by atoms with Crippen molar-refractivity contribution in [1.82, 2.24) is 28.7 Å². The molecule has 0 atom stereocenters. The number of ether oxygens (including phenoxy) is 2. The standard InChI is InChI=1S/C41H40F5N3O3S.C40H38F5N3O3S/c1-27-6-15-36-34(22-27)37(50)23-39(53-26-31-4-3-5-35(42)40(31)43)49(36)25-38(51)48(33-16-18-47(19-17-33)20-21-52-2)24-28-7-9-29(10-8-28)30-11-13-32(14-12-30)41(44,45)46;1-51-22-21-46-19-17-32(18-20-46)47(24-27-9-11-28(12-10-27)29-13-15-31(16-14-29)40(43,44)45)37(50)25-48-35-8-3-2-6-33(35)36(49)23-38(48)52-26-30-5-4-7-34(41)39(30)42/h3-15,22-23,33H,16-21,24-26H2,1-2H3;2-16,23,32H,17-22,24-26H2,1H3/i2D3,3D,4D,5D,6D,7D,8D,9D,10D,11D,12D,13D,14D,15D,20D2,21D2,22D,23D,25D2;1D3,21D2,22D2,25D2.